The zero-order valence-electron chi connectivity index (χ0n) is 20.0. The average molecular weight is 480 g/mol. The van der Waals surface area contributed by atoms with Gasteiger partial charge in [-0.05, 0) is 51.9 Å². The molecule has 0 saturated heterocycles. The van der Waals surface area contributed by atoms with Crippen molar-refractivity contribution in [2.75, 3.05) is 13.2 Å². The fraction of sp³-hybridized carbons (Fsp3) is 0.194. The Morgan fingerprint density at radius 3 is 2.14 bits per heavy atom. The number of ether oxygens (including phenoxy) is 2. The van der Waals surface area contributed by atoms with E-state index in [0.717, 1.165) is 28.0 Å². The molecule has 1 amide bonds. The van der Waals surface area contributed by atoms with E-state index in [0.29, 0.717) is 13.0 Å². The third kappa shape index (κ3) is 5.42. The Kier molecular flexibility index (Phi) is 7.29. The van der Waals surface area contributed by atoms with Crippen LogP contribution in [-0.2, 0) is 17.8 Å². The summed E-state index contributed by atoms with van der Waals surface area (Å²) >= 11 is 0. The van der Waals surface area contributed by atoms with Crippen LogP contribution in [0.25, 0.3) is 11.1 Å². The number of carbonyl (C=O) groups is 1. The van der Waals surface area contributed by atoms with Crippen molar-refractivity contribution in [3.05, 3.63) is 125 Å². The van der Waals surface area contributed by atoms with E-state index in [-0.39, 0.29) is 19.1 Å². The van der Waals surface area contributed by atoms with Gasteiger partial charge >= 0.3 is 6.09 Å². The summed E-state index contributed by atoms with van der Waals surface area (Å²) in [5.74, 6) is 0.739. The molecule has 5 heteroatoms. The minimum absolute atomic E-state index is 0.00540. The predicted octanol–water partition coefficient (Wildman–Crippen LogP) is 5.71. The quantitative estimate of drug-likeness (QED) is 0.323. The van der Waals surface area contributed by atoms with Gasteiger partial charge in [0.15, 0.2) is 0 Å². The highest BCUT2D eigenvalue weighted by Crippen LogP contribution is 2.44. The van der Waals surface area contributed by atoms with E-state index in [1.165, 1.54) is 11.1 Å². The van der Waals surface area contributed by atoms with Gasteiger partial charge in [-0.25, -0.2) is 4.79 Å². The molecule has 36 heavy (non-hydrogen) atoms. The fourth-order valence-electron chi connectivity index (χ4n) is 4.76. The Morgan fingerprint density at radius 2 is 1.44 bits per heavy atom. The van der Waals surface area contributed by atoms with Crippen LogP contribution in [0.2, 0.25) is 0 Å². The molecule has 2 N–H and O–H groups in total. The lowest BCUT2D eigenvalue weighted by atomic mass is 9.98. The smallest absolute Gasteiger partial charge is 0.407 e. The molecule has 0 aliphatic heterocycles. The van der Waals surface area contributed by atoms with E-state index in [4.69, 9.17) is 9.47 Å². The highest BCUT2D eigenvalue weighted by Gasteiger charge is 2.29. The highest BCUT2D eigenvalue weighted by molar-refractivity contribution is 5.79. The number of benzene rings is 4. The lowest BCUT2D eigenvalue weighted by Gasteiger charge is -2.19. The summed E-state index contributed by atoms with van der Waals surface area (Å²) in [6.45, 7) is 0.520. The molecule has 1 aliphatic carbocycles. The fourth-order valence-corrected chi connectivity index (χ4v) is 4.76. The molecule has 0 fully saturated rings. The molecule has 5 nitrogen and oxygen atoms in total. The van der Waals surface area contributed by atoms with Crippen LogP contribution < -0.4 is 10.1 Å². The number of alkyl carbamates (subject to hydrolysis) is 1. The Bertz CT molecular complexity index is 1280. The van der Waals surface area contributed by atoms with E-state index < -0.39 is 12.1 Å². The number of aliphatic hydroxyl groups excluding tert-OH is 1. The van der Waals surface area contributed by atoms with Crippen LogP contribution in [0.3, 0.4) is 0 Å². The first-order valence-electron chi connectivity index (χ1n) is 12.2. The van der Waals surface area contributed by atoms with Gasteiger partial charge in [0.2, 0.25) is 0 Å². The molecule has 0 heterocycles. The van der Waals surface area contributed by atoms with Crippen molar-refractivity contribution in [1.29, 1.82) is 0 Å². The maximum Gasteiger partial charge on any atom is 0.407 e. The summed E-state index contributed by atoms with van der Waals surface area (Å²) < 4.78 is 11.5. The molecule has 4 aromatic carbocycles. The molecule has 1 atom stereocenters. The topological polar surface area (TPSA) is 67.8 Å². The molecule has 0 radical (unpaired) electrons. The van der Waals surface area contributed by atoms with Crippen LogP contribution in [-0.4, -0.2) is 30.5 Å². The van der Waals surface area contributed by atoms with E-state index in [9.17, 15) is 9.90 Å². The third-order valence-electron chi connectivity index (χ3n) is 6.51. The SMILES string of the molecule is O=C(N[C@H](CO)Cc1cccc(OCc2ccccc2)c1)OCC1c2ccccc2-c2ccccc21. The molecule has 182 valence electrons. The molecule has 0 spiro atoms. The van der Waals surface area contributed by atoms with Crippen molar-refractivity contribution in [3.63, 3.8) is 0 Å². The van der Waals surface area contributed by atoms with Crippen LogP contribution >= 0.6 is 0 Å². The number of carbonyl (C=O) groups excluding carboxylic acids is 1. The van der Waals surface area contributed by atoms with Crippen LogP contribution in [0.5, 0.6) is 5.75 Å². The minimum Gasteiger partial charge on any atom is -0.489 e. The Morgan fingerprint density at radius 1 is 0.806 bits per heavy atom. The molecular formula is C31H29NO4. The number of aliphatic hydroxyl groups is 1. The van der Waals surface area contributed by atoms with E-state index in [1.807, 2.05) is 78.9 Å². The minimum atomic E-state index is -0.535. The van der Waals surface area contributed by atoms with E-state index in [1.54, 1.807) is 0 Å². The van der Waals surface area contributed by atoms with Gasteiger partial charge < -0.3 is 19.9 Å². The van der Waals surface area contributed by atoms with Gasteiger partial charge in [-0.3, -0.25) is 0 Å². The highest BCUT2D eigenvalue weighted by atomic mass is 16.5. The lowest BCUT2D eigenvalue weighted by Crippen LogP contribution is -2.39. The Balaban J connectivity index is 1.17. The van der Waals surface area contributed by atoms with Crippen molar-refractivity contribution >= 4 is 6.09 Å². The second-order valence-corrected chi connectivity index (χ2v) is 8.98. The van der Waals surface area contributed by atoms with Gasteiger partial charge in [-0.2, -0.15) is 0 Å². The van der Waals surface area contributed by atoms with E-state index >= 15 is 0 Å². The maximum atomic E-state index is 12.6. The molecule has 0 saturated carbocycles. The van der Waals surface area contributed by atoms with Gasteiger partial charge in [0.1, 0.15) is 19.0 Å². The first-order valence-corrected chi connectivity index (χ1v) is 12.2. The first-order chi connectivity index (χ1) is 17.7. The molecule has 1 aliphatic rings. The monoisotopic (exact) mass is 479 g/mol. The van der Waals surface area contributed by atoms with Gasteiger partial charge in [-0.15, -0.1) is 0 Å². The molecule has 4 aromatic rings. The molecule has 0 aromatic heterocycles. The summed E-state index contributed by atoms with van der Waals surface area (Å²) in [4.78, 5) is 12.6. The summed E-state index contributed by atoms with van der Waals surface area (Å²) in [5.41, 5.74) is 6.75. The van der Waals surface area contributed by atoms with Crippen LogP contribution in [0, 0.1) is 0 Å². The zero-order valence-corrected chi connectivity index (χ0v) is 20.0. The predicted molar refractivity (Wildman–Crippen MR) is 140 cm³/mol. The third-order valence-corrected chi connectivity index (χ3v) is 6.51. The van der Waals surface area contributed by atoms with Gasteiger partial charge in [-0.1, -0.05) is 91.0 Å². The summed E-state index contributed by atoms with van der Waals surface area (Å²) in [6, 6.07) is 33.7. The van der Waals surface area contributed by atoms with Crippen LogP contribution in [0.4, 0.5) is 4.79 Å². The first kappa shape index (κ1) is 23.6. The van der Waals surface area contributed by atoms with Crippen LogP contribution in [0.15, 0.2) is 103 Å². The number of hydrogen-bond donors (Lipinski definition) is 2. The second kappa shape index (κ2) is 11.1. The summed E-state index contributed by atoms with van der Waals surface area (Å²) in [5, 5.41) is 12.7. The van der Waals surface area contributed by atoms with Crippen molar-refractivity contribution in [2.45, 2.75) is 25.0 Å². The Hall–Kier alpha value is -4.09. The van der Waals surface area contributed by atoms with Gasteiger partial charge in [0.25, 0.3) is 0 Å². The maximum absolute atomic E-state index is 12.6. The number of hydrogen-bond acceptors (Lipinski definition) is 4. The second-order valence-electron chi connectivity index (χ2n) is 8.98. The number of rotatable bonds is 9. The largest absolute Gasteiger partial charge is 0.489 e. The summed E-state index contributed by atoms with van der Waals surface area (Å²) in [6.07, 6.45) is -0.0733. The van der Waals surface area contributed by atoms with Gasteiger partial charge in [0.05, 0.1) is 12.6 Å². The van der Waals surface area contributed by atoms with E-state index in [2.05, 4.69) is 29.6 Å². The molecule has 5 rings (SSSR count). The molecular weight excluding hydrogens is 450 g/mol. The van der Waals surface area contributed by atoms with Crippen molar-refractivity contribution < 1.29 is 19.4 Å². The molecule has 0 bridgehead atoms. The number of nitrogens with one attached hydrogen (secondary N) is 1. The van der Waals surface area contributed by atoms with Gasteiger partial charge in [0, 0.05) is 5.92 Å². The molecule has 0 unspecified atom stereocenters. The summed E-state index contributed by atoms with van der Waals surface area (Å²) in [7, 11) is 0. The van der Waals surface area contributed by atoms with Crippen LogP contribution in [0.1, 0.15) is 28.2 Å². The Labute approximate surface area is 211 Å². The number of amides is 1. The zero-order chi connectivity index (χ0) is 24.7. The normalized spacial score (nSPS) is 12.9. The van der Waals surface area contributed by atoms with Crippen molar-refractivity contribution in [3.8, 4) is 16.9 Å². The van der Waals surface area contributed by atoms with Crippen molar-refractivity contribution in [1.82, 2.24) is 5.32 Å². The van der Waals surface area contributed by atoms with Crippen molar-refractivity contribution in [2.24, 2.45) is 0 Å². The lowest BCUT2D eigenvalue weighted by molar-refractivity contribution is 0.132. The average Bonchev–Trinajstić information content (AvgIpc) is 3.25. The number of fused-ring (bicyclic) bond motifs is 3. The standard InChI is InChI=1S/C31H29NO4/c33-19-24(17-23-11-8-12-25(18-23)35-20-22-9-2-1-3-10-22)32-31(34)36-21-30-28-15-6-4-13-26(28)27-14-5-7-16-29(27)30/h1-16,18,24,30,33H,17,19-21H2,(H,32,34)/t24-/m0/s1.